The fourth-order valence-electron chi connectivity index (χ4n) is 1.28. The predicted octanol–water partition coefficient (Wildman–Crippen LogP) is -0.0545. The van der Waals surface area contributed by atoms with E-state index in [1.807, 2.05) is 6.92 Å². The smallest absolute Gasteiger partial charge is 0.252 e. The molecule has 0 aromatic carbocycles. The fourth-order valence-corrected chi connectivity index (χ4v) is 1.28. The summed E-state index contributed by atoms with van der Waals surface area (Å²) >= 11 is 0. The number of carbonyl (C=O) groups is 1. The largest absolute Gasteiger partial charge is 0.397 e. The van der Waals surface area contributed by atoms with Crippen LogP contribution in [0.3, 0.4) is 0 Å². The van der Waals surface area contributed by atoms with Crippen LogP contribution >= 0.6 is 0 Å². The molecule has 6 nitrogen and oxygen atoms in total. The van der Waals surface area contributed by atoms with Gasteiger partial charge in [-0.1, -0.05) is 0 Å². The third-order valence-electron chi connectivity index (χ3n) is 2.12. The predicted molar refractivity (Wildman–Crippen MR) is 62.0 cm³/mol. The number of nitrogens with one attached hydrogen (secondary N) is 1. The van der Waals surface area contributed by atoms with Gasteiger partial charge in [0.2, 0.25) is 0 Å². The van der Waals surface area contributed by atoms with Crippen LogP contribution in [0.5, 0.6) is 0 Å². The molecule has 1 atom stereocenters. The van der Waals surface area contributed by atoms with E-state index in [0.717, 1.165) is 0 Å². The van der Waals surface area contributed by atoms with Crippen molar-refractivity contribution < 1.29 is 9.90 Å². The molecule has 0 aliphatic heterocycles. The summed E-state index contributed by atoms with van der Waals surface area (Å²) in [6.45, 7) is 1.94. The van der Waals surface area contributed by atoms with Crippen molar-refractivity contribution in [2.45, 2.75) is 19.4 Å². The third kappa shape index (κ3) is 3.09. The van der Waals surface area contributed by atoms with Gasteiger partial charge in [-0.15, -0.1) is 0 Å². The number of amides is 1. The Morgan fingerprint density at radius 1 is 1.69 bits per heavy atom. The van der Waals surface area contributed by atoms with Gasteiger partial charge >= 0.3 is 0 Å². The maximum atomic E-state index is 11.2. The van der Waals surface area contributed by atoms with Crippen molar-refractivity contribution in [3.63, 3.8) is 0 Å². The summed E-state index contributed by atoms with van der Waals surface area (Å²) < 4.78 is 0. The topological polar surface area (TPSA) is 114 Å². The molecule has 0 fully saturated rings. The molecule has 0 spiro atoms. The van der Waals surface area contributed by atoms with Gasteiger partial charge in [-0.05, 0) is 19.4 Å². The second-order valence-corrected chi connectivity index (χ2v) is 3.59. The van der Waals surface area contributed by atoms with E-state index in [4.69, 9.17) is 16.6 Å². The number of aliphatic hydroxyl groups excluding tert-OH is 1. The van der Waals surface area contributed by atoms with Crippen molar-refractivity contribution in [2.75, 3.05) is 17.7 Å². The Labute approximate surface area is 93.7 Å². The van der Waals surface area contributed by atoms with Crippen LogP contribution in [0.2, 0.25) is 0 Å². The van der Waals surface area contributed by atoms with Gasteiger partial charge < -0.3 is 21.9 Å². The monoisotopic (exact) mass is 224 g/mol. The van der Waals surface area contributed by atoms with E-state index in [1.54, 1.807) is 0 Å². The Morgan fingerprint density at radius 2 is 2.38 bits per heavy atom. The van der Waals surface area contributed by atoms with Gasteiger partial charge in [-0.2, -0.15) is 0 Å². The minimum Gasteiger partial charge on any atom is -0.397 e. The van der Waals surface area contributed by atoms with Gasteiger partial charge in [0.15, 0.2) is 0 Å². The Balaban J connectivity index is 2.90. The molecule has 0 aliphatic carbocycles. The highest BCUT2D eigenvalue weighted by atomic mass is 16.3. The molecular weight excluding hydrogens is 208 g/mol. The average Bonchev–Trinajstić information content (AvgIpc) is 2.20. The molecule has 1 unspecified atom stereocenters. The van der Waals surface area contributed by atoms with Gasteiger partial charge in [0.05, 0.1) is 17.4 Å². The number of anilines is 2. The number of pyridine rings is 1. The lowest BCUT2D eigenvalue weighted by atomic mass is 10.2. The highest BCUT2D eigenvalue weighted by molar-refractivity contribution is 5.98. The lowest BCUT2D eigenvalue weighted by Crippen LogP contribution is -2.22. The normalized spacial score (nSPS) is 12.1. The summed E-state index contributed by atoms with van der Waals surface area (Å²) in [6, 6.07) is 1.47. The second-order valence-electron chi connectivity index (χ2n) is 3.59. The zero-order valence-corrected chi connectivity index (χ0v) is 9.10. The summed E-state index contributed by atoms with van der Waals surface area (Å²) in [5, 5.41) is 11.8. The van der Waals surface area contributed by atoms with Gasteiger partial charge in [-0.25, -0.2) is 4.98 Å². The summed E-state index contributed by atoms with van der Waals surface area (Å²) in [5.74, 6) is -0.193. The van der Waals surface area contributed by atoms with Crippen LogP contribution in [-0.2, 0) is 0 Å². The summed E-state index contributed by atoms with van der Waals surface area (Å²) in [5.41, 5.74) is 11.4. The van der Waals surface area contributed by atoms with Crippen LogP contribution in [0.1, 0.15) is 23.7 Å². The van der Waals surface area contributed by atoms with Crippen molar-refractivity contribution in [1.82, 2.24) is 4.98 Å². The maximum Gasteiger partial charge on any atom is 0.252 e. The molecule has 0 saturated carbocycles. The standard InChI is InChI=1S/C10H16N4O2/c1-6(2-3-15)14-10-8(9(12)16)4-7(11)5-13-10/h4-6,15H,2-3,11H2,1H3,(H2,12,16)(H,13,14). The second kappa shape index (κ2) is 5.32. The molecule has 0 radical (unpaired) electrons. The lowest BCUT2D eigenvalue weighted by Gasteiger charge is -2.15. The number of carbonyl (C=O) groups excluding carboxylic acids is 1. The minimum absolute atomic E-state index is 0.000718. The molecule has 0 bridgehead atoms. The number of hydrogen-bond acceptors (Lipinski definition) is 5. The summed E-state index contributed by atoms with van der Waals surface area (Å²) in [6.07, 6.45) is 2.00. The highest BCUT2D eigenvalue weighted by Gasteiger charge is 2.12. The Morgan fingerprint density at radius 3 is 2.94 bits per heavy atom. The first-order chi connectivity index (χ1) is 7.54. The van der Waals surface area contributed by atoms with E-state index in [9.17, 15) is 4.79 Å². The molecular formula is C10H16N4O2. The van der Waals surface area contributed by atoms with Crippen LogP contribution in [0.4, 0.5) is 11.5 Å². The van der Waals surface area contributed by atoms with Crippen molar-refractivity contribution in [1.29, 1.82) is 0 Å². The van der Waals surface area contributed by atoms with Gasteiger partial charge in [0.25, 0.3) is 5.91 Å². The molecule has 0 saturated heterocycles. The summed E-state index contributed by atoms with van der Waals surface area (Å²) in [7, 11) is 0. The van der Waals surface area contributed by atoms with E-state index < -0.39 is 5.91 Å². The zero-order chi connectivity index (χ0) is 12.1. The average molecular weight is 224 g/mol. The first-order valence-electron chi connectivity index (χ1n) is 4.97. The molecule has 6 N–H and O–H groups in total. The number of aromatic nitrogens is 1. The number of aliphatic hydroxyl groups is 1. The number of nitrogens with zero attached hydrogens (tertiary/aromatic N) is 1. The maximum absolute atomic E-state index is 11.2. The van der Waals surface area contributed by atoms with Gasteiger partial charge in [0, 0.05) is 12.6 Å². The van der Waals surface area contributed by atoms with Crippen LogP contribution in [0.15, 0.2) is 12.3 Å². The first-order valence-corrected chi connectivity index (χ1v) is 4.97. The zero-order valence-electron chi connectivity index (χ0n) is 9.10. The number of hydrogen-bond donors (Lipinski definition) is 4. The van der Waals surface area contributed by atoms with E-state index in [1.165, 1.54) is 12.3 Å². The SMILES string of the molecule is CC(CCO)Nc1ncc(N)cc1C(N)=O. The molecule has 1 aromatic rings. The van der Waals surface area contributed by atoms with Crippen LogP contribution in [-0.4, -0.2) is 28.6 Å². The lowest BCUT2D eigenvalue weighted by molar-refractivity contribution is 0.100. The molecule has 16 heavy (non-hydrogen) atoms. The van der Waals surface area contributed by atoms with Crippen molar-refractivity contribution in [3.05, 3.63) is 17.8 Å². The minimum atomic E-state index is -0.585. The fraction of sp³-hybridized carbons (Fsp3) is 0.400. The van der Waals surface area contributed by atoms with Crippen LogP contribution in [0, 0.1) is 0 Å². The van der Waals surface area contributed by atoms with E-state index in [2.05, 4.69) is 10.3 Å². The molecule has 1 amide bonds. The molecule has 0 aliphatic rings. The first kappa shape index (κ1) is 12.3. The quantitative estimate of drug-likeness (QED) is 0.559. The Kier molecular flexibility index (Phi) is 4.07. The molecule has 1 aromatic heterocycles. The van der Waals surface area contributed by atoms with Crippen LogP contribution in [0.25, 0.3) is 0 Å². The van der Waals surface area contributed by atoms with E-state index in [-0.39, 0.29) is 18.2 Å². The number of primary amides is 1. The van der Waals surface area contributed by atoms with Crippen LogP contribution < -0.4 is 16.8 Å². The molecule has 1 rings (SSSR count). The van der Waals surface area contributed by atoms with Crippen molar-refractivity contribution in [3.8, 4) is 0 Å². The van der Waals surface area contributed by atoms with Crippen molar-refractivity contribution >= 4 is 17.4 Å². The Bertz CT molecular complexity index is 381. The van der Waals surface area contributed by atoms with Crippen molar-refractivity contribution in [2.24, 2.45) is 5.73 Å². The third-order valence-corrected chi connectivity index (χ3v) is 2.12. The highest BCUT2D eigenvalue weighted by Crippen LogP contribution is 2.16. The number of nitrogens with two attached hydrogens (primary N) is 2. The van der Waals surface area contributed by atoms with E-state index in [0.29, 0.717) is 17.9 Å². The molecule has 1 heterocycles. The molecule has 88 valence electrons. The number of nitrogen functional groups attached to an aromatic ring is 1. The van der Waals surface area contributed by atoms with E-state index >= 15 is 0 Å². The van der Waals surface area contributed by atoms with Gasteiger partial charge in [0.1, 0.15) is 5.82 Å². The molecule has 6 heteroatoms. The Hall–Kier alpha value is -1.82. The summed E-state index contributed by atoms with van der Waals surface area (Å²) in [4.78, 5) is 15.2. The number of rotatable bonds is 5. The van der Waals surface area contributed by atoms with Gasteiger partial charge in [-0.3, -0.25) is 4.79 Å².